The van der Waals surface area contributed by atoms with Crippen LogP contribution < -0.4 is 10.6 Å². The zero-order chi connectivity index (χ0) is 24.7. The Balaban J connectivity index is 1.78. The van der Waals surface area contributed by atoms with Crippen LogP contribution >= 0.6 is 11.6 Å². The fourth-order valence-electron chi connectivity index (χ4n) is 3.15. The van der Waals surface area contributed by atoms with E-state index in [0.717, 1.165) is 6.20 Å². The lowest BCUT2D eigenvalue weighted by Crippen LogP contribution is -2.25. The van der Waals surface area contributed by atoms with Gasteiger partial charge in [-0.3, -0.25) is 9.59 Å². The Morgan fingerprint density at radius 3 is 2.59 bits per heavy atom. The van der Waals surface area contributed by atoms with Gasteiger partial charge < -0.3 is 15.4 Å². The first-order chi connectivity index (χ1) is 16.2. The minimum Gasteiger partial charge on any atom is -0.382 e. The quantitative estimate of drug-likeness (QED) is 0.412. The van der Waals surface area contributed by atoms with Gasteiger partial charge in [-0.25, -0.2) is 4.68 Å². The van der Waals surface area contributed by atoms with Crippen LogP contribution in [0.1, 0.15) is 39.8 Å². The first-order valence-corrected chi connectivity index (χ1v) is 10.8. The van der Waals surface area contributed by atoms with Crippen molar-refractivity contribution in [2.75, 3.05) is 25.1 Å². The van der Waals surface area contributed by atoms with Crippen LogP contribution in [0.3, 0.4) is 0 Å². The molecule has 0 unspecified atom stereocenters. The Morgan fingerprint density at radius 2 is 1.88 bits per heavy atom. The van der Waals surface area contributed by atoms with E-state index in [1.165, 1.54) is 48.5 Å². The summed E-state index contributed by atoms with van der Waals surface area (Å²) in [6.07, 6.45) is -3.39. The highest BCUT2D eigenvalue weighted by Crippen LogP contribution is 2.34. The van der Waals surface area contributed by atoms with Gasteiger partial charge in [0.15, 0.2) is 5.69 Å². The predicted octanol–water partition coefficient (Wildman–Crippen LogP) is 4.95. The second kappa shape index (κ2) is 11.2. The maximum atomic E-state index is 13.9. The third kappa shape index (κ3) is 6.36. The van der Waals surface area contributed by atoms with Crippen molar-refractivity contribution in [1.82, 2.24) is 15.1 Å². The third-order valence-corrected chi connectivity index (χ3v) is 4.91. The number of halogens is 4. The molecule has 1 heterocycles. The van der Waals surface area contributed by atoms with Gasteiger partial charge in [0.1, 0.15) is 0 Å². The molecule has 7 nitrogen and oxygen atoms in total. The number of nitrogens with zero attached hydrogens (tertiary/aromatic N) is 2. The first kappa shape index (κ1) is 25.3. The van der Waals surface area contributed by atoms with E-state index in [9.17, 15) is 22.8 Å². The highest BCUT2D eigenvalue weighted by atomic mass is 35.5. The van der Waals surface area contributed by atoms with E-state index in [0.29, 0.717) is 30.9 Å². The van der Waals surface area contributed by atoms with E-state index < -0.39 is 23.3 Å². The van der Waals surface area contributed by atoms with Crippen molar-refractivity contribution in [2.45, 2.75) is 19.5 Å². The molecule has 0 saturated heterocycles. The summed E-state index contributed by atoms with van der Waals surface area (Å²) in [6.45, 7) is 3.37. The van der Waals surface area contributed by atoms with Crippen LogP contribution in [0.4, 0.5) is 18.9 Å². The molecule has 0 radical (unpaired) electrons. The summed E-state index contributed by atoms with van der Waals surface area (Å²) in [5.74, 6) is -1.40. The number of ether oxygens (including phenoxy) is 1. The number of carbonyl (C=O) groups excluding carboxylic acids is 2. The molecule has 2 aromatic carbocycles. The highest BCUT2D eigenvalue weighted by Gasteiger charge is 2.40. The minimum absolute atomic E-state index is 0.0573. The van der Waals surface area contributed by atoms with Crippen LogP contribution in [-0.4, -0.2) is 41.4 Å². The topological polar surface area (TPSA) is 85.2 Å². The molecule has 11 heteroatoms. The number of anilines is 1. The number of alkyl halides is 3. The van der Waals surface area contributed by atoms with Gasteiger partial charge >= 0.3 is 6.18 Å². The maximum absolute atomic E-state index is 13.9. The predicted molar refractivity (Wildman–Crippen MR) is 121 cm³/mol. The van der Waals surface area contributed by atoms with Gasteiger partial charge in [0.25, 0.3) is 11.8 Å². The molecule has 2 N–H and O–H groups in total. The fourth-order valence-corrected chi connectivity index (χ4v) is 3.33. The Labute approximate surface area is 198 Å². The molecule has 0 saturated carbocycles. The molecule has 0 fully saturated rings. The Hall–Kier alpha value is -3.37. The van der Waals surface area contributed by atoms with Crippen molar-refractivity contribution >= 4 is 29.1 Å². The third-order valence-electron chi connectivity index (χ3n) is 4.67. The Kier molecular flexibility index (Phi) is 8.30. The number of nitrogens with one attached hydrogen (secondary N) is 2. The minimum atomic E-state index is -4.87. The number of hydrogen-bond acceptors (Lipinski definition) is 4. The molecule has 180 valence electrons. The summed E-state index contributed by atoms with van der Waals surface area (Å²) < 4.78 is 47.4. The highest BCUT2D eigenvalue weighted by molar-refractivity contribution is 6.30. The van der Waals surface area contributed by atoms with E-state index in [1.54, 1.807) is 0 Å². The smallest absolute Gasteiger partial charge is 0.382 e. The normalized spacial score (nSPS) is 11.3. The molecule has 2 amide bonds. The van der Waals surface area contributed by atoms with Crippen LogP contribution in [-0.2, 0) is 10.9 Å². The van der Waals surface area contributed by atoms with Crippen LogP contribution in [0, 0.1) is 0 Å². The van der Waals surface area contributed by atoms with E-state index in [4.69, 9.17) is 16.3 Å². The molecule has 0 spiro atoms. The molecule has 1 aromatic heterocycles. The number of carbonyl (C=O) groups is 2. The maximum Gasteiger partial charge on any atom is 0.434 e. The monoisotopic (exact) mass is 494 g/mol. The molecule has 34 heavy (non-hydrogen) atoms. The van der Waals surface area contributed by atoms with Crippen LogP contribution in [0.15, 0.2) is 54.7 Å². The Bertz CT molecular complexity index is 1160. The molecule has 3 rings (SSSR count). The second-order valence-electron chi connectivity index (χ2n) is 7.14. The van der Waals surface area contributed by atoms with Crippen LogP contribution in [0.5, 0.6) is 0 Å². The summed E-state index contributed by atoms with van der Waals surface area (Å²) in [6, 6.07) is 11.6. The number of rotatable bonds is 9. The van der Waals surface area contributed by atoms with Gasteiger partial charge in [-0.2, -0.15) is 18.3 Å². The second-order valence-corrected chi connectivity index (χ2v) is 7.57. The lowest BCUT2D eigenvalue weighted by Gasteiger charge is -2.13. The van der Waals surface area contributed by atoms with Gasteiger partial charge in [0.05, 0.1) is 17.4 Å². The Morgan fingerprint density at radius 1 is 1.12 bits per heavy atom. The average molecular weight is 495 g/mol. The number of hydrogen-bond donors (Lipinski definition) is 2. The summed E-state index contributed by atoms with van der Waals surface area (Å²) >= 11 is 5.89. The molecule has 3 aromatic rings. The van der Waals surface area contributed by atoms with E-state index in [2.05, 4.69) is 15.7 Å². The van der Waals surface area contributed by atoms with E-state index in [-0.39, 0.29) is 27.9 Å². The average Bonchev–Trinajstić information content (AvgIpc) is 3.25. The van der Waals surface area contributed by atoms with Crippen molar-refractivity contribution in [1.29, 1.82) is 0 Å². The largest absolute Gasteiger partial charge is 0.434 e. The fraction of sp³-hybridized carbons (Fsp3) is 0.261. The van der Waals surface area contributed by atoms with Gasteiger partial charge in [0.2, 0.25) is 0 Å². The molecular weight excluding hydrogens is 473 g/mol. The van der Waals surface area contributed by atoms with Crippen LogP contribution in [0.2, 0.25) is 5.02 Å². The van der Waals surface area contributed by atoms with Crippen LogP contribution in [0.25, 0.3) is 5.69 Å². The summed E-state index contributed by atoms with van der Waals surface area (Å²) in [5.41, 5.74) is -1.44. The number of aromatic nitrogens is 2. The number of amides is 2. The molecule has 0 aliphatic carbocycles. The van der Waals surface area contributed by atoms with Gasteiger partial charge in [-0.05, 0) is 49.7 Å². The zero-order valence-corrected chi connectivity index (χ0v) is 18.9. The number of benzene rings is 2. The van der Waals surface area contributed by atoms with Gasteiger partial charge in [-0.15, -0.1) is 0 Å². The molecular formula is C23H22ClF3N4O3. The summed E-state index contributed by atoms with van der Waals surface area (Å²) in [4.78, 5) is 25.1. The van der Waals surface area contributed by atoms with Crippen molar-refractivity contribution in [2.24, 2.45) is 0 Å². The van der Waals surface area contributed by atoms with Gasteiger partial charge in [0, 0.05) is 36.0 Å². The van der Waals surface area contributed by atoms with Crippen molar-refractivity contribution < 1.29 is 27.5 Å². The summed E-state index contributed by atoms with van der Waals surface area (Å²) in [7, 11) is 0. The SMILES string of the molecule is CCOCCCNC(=O)c1cccc(NC(=O)c2cnn(-c3cccc(Cl)c3)c2C(F)(F)F)c1. The first-order valence-electron chi connectivity index (χ1n) is 10.4. The van der Waals surface area contributed by atoms with Gasteiger partial charge in [-0.1, -0.05) is 23.7 Å². The summed E-state index contributed by atoms with van der Waals surface area (Å²) in [5, 5.41) is 9.11. The molecule has 0 bridgehead atoms. The van der Waals surface area contributed by atoms with Crippen molar-refractivity contribution in [3.63, 3.8) is 0 Å². The standard InChI is InChI=1S/C23H22ClF3N4O3/c1-2-34-11-5-10-28-21(32)15-6-3-8-17(12-15)30-22(33)19-14-29-31(20(19)23(25,26)27)18-9-4-7-16(24)13-18/h3-4,6-9,12-14H,2,5,10-11H2,1H3,(H,28,32)(H,30,33). The molecule has 0 atom stereocenters. The van der Waals surface area contributed by atoms with E-state index >= 15 is 0 Å². The lowest BCUT2D eigenvalue weighted by molar-refractivity contribution is -0.143. The van der Waals surface area contributed by atoms with Crippen molar-refractivity contribution in [3.05, 3.63) is 76.6 Å². The zero-order valence-electron chi connectivity index (χ0n) is 18.2. The molecule has 0 aliphatic rings. The molecule has 0 aliphatic heterocycles. The van der Waals surface area contributed by atoms with Crippen molar-refractivity contribution in [3.8, 4) is 5.69 Å². The lowest BCUT2D eigenvalue weighted by atomic mass is 10.1. The van der Waals surface area contributed by atoms with E-state index in [1.807, 2.05) is 6.92 Å².